The average molecular weight is 177 g/mol. The van der Waals surface area contributed by atoms with Crippen LogP contribution < -0.4 is 11.5 Å². The van der Waals surface area contributed by atoms with Crippen molar-refractivity contribution in [2.75, 3.05) is 11.5 Å². The predicted octanol–water partition coefficient (Wildman–Crippen LogP) is 1.51. The van der Waals surface area contributed by atoms with Crippen molar-refractivity contribution < 1.29 is 0 Å². The maximum absolute atomic E-state index is 5.91. The first kappa shape index (κ1) is 8.35. The van der Waals surface area contributed by atoms with Crippen LogP contribution in [0.3, 0.4) is 0 Å². The molecule has 1 aromatic rings. The first-order chi connectivity index (χ1) is 6.29. The third-order valence-corrected chi connectivity index (χ3v) is 2.68. The van der Waals surface area contributed by atoms with Crippen LogP contribution in [0.2, 0.25) is 0 Å². The third-order valence-electron chi connectivity index (χ3n) is 2.68. The van der Waals surface area contributed by atoms with Crippen LogP contribution in [0, 0.1) is 0 Å². The molecule has 3 nitrogen and oxygen atoms in total. The van der Waals surface area contributed by atoms with E-state index in [1.54, 1.807) is 6.20 Å². The molecule has 0 amide bonds. The Labute approximate surface area is 78.1 Å². The molecule has 4 N–H and O–H groups in total. The van der Waals surface area contributed by atoms with Gasteiger partial charge < -0.3 is 11.5 Å². The summed E-state index contributed by atoms with van der Waals surface area (Å²) in [4.78, 5) is 4.33. The van der Waals surface area contributed by atoms with Crippen molar-refractivity contribution >= 4 is 11.4 Å². The van der Waals surface area contributed by atoms with Gasteiger partial charge in [-0.3, -0.25) is 4.98 Å². The average Bonchev–Trinajstić information content (AvgIpc) is 2.36. The molecule has 0 bridgehead atoms. The van der Waals surface area contributed by atoms with Gasteiger partial charge in [-0.25, -0.2) is 0 Å². The minimum absolute atomic E-state index is 0.626. The number of nitrogens with zero attached hydrogens (tertiary/aromatic N) is 1. The van der Waals surface area contributed by atoms with Gasteiger partial charge in [0.1, 0.15) is 0 Å². The summed E-state index contributed by atoms with van der Waals surface area (Å²) in [7, 11) is 0. The Morgan fingerprint density at radius 1 is 1.08 bits per heavy atom. The molecule has 0 saturated heterocycles. The zero-order valence-corrected chi connectivity index (χ0v) is 7.71. The predicted molar refractivity (Wildman–Crippen MR) is 54.3 cm³/mol. The molecule has 0 unspecified atom stereocenters. The van der Waals surface area contributed by atoms with Gasteiger partial charge in [0.2, 0.25) is 0 Å². The summed E-state index contributed by atoms with van der Waals surface area (Å²) in [5, 5.41) is 0. The van der Waals surface area contributed by atoms with Crippen LogP contribution in [0.15, 0.2) is 6.20 Å². The fourth-order valence-electron chi connectivity index (χ4n) is 1.89. The molecule has 0 atom stereocenters. The van der Waals surface area contributed by atoms with Crippen molar-refractivity contribution in [2.45, 2.75) is 32.1 Å². The molecule has 0 radical (unpaired) electrons. The van der Waals surface area contributed by atoms with Gasteiger partial charge in [-0.1, -0.05) is 6.42 Å². The van der Waals surface area contributed by atoms with Gasteiger partial charge in [0.25, 0.3) is 0 Å². The van der Waals surface area contributed by atoms with Crippen LogP contribution in [0.4, 0.5) is 11.4 Å². The molecule has 1 aromatic heterocycles. The summed E-state index contributed by atoms with van der Waals surface area (Å²) in [5.41, 5.74) is 15.3. The molecule has 0 aliphatic heterocycles. The summed E-state index contributed by atoms with van der Waals surface area (Å²) in [6.07, 6.45) is 7.49. The molecule has 1 heterocycles. The molecular weight excluding hydrogens is 162 g/mol. The monoisotopic (exact) mass is 177 g/mol. The number of rotatable bonds is 0. The van der Waals surface area contributed by atoms with Crippen LogP contribution in [0.25, 0.3) is 0 Å². The number of aryl methyl sites for hydroxylation is 1. The van der Waals surface area contributed by atoms with E-state index in [-0.39, 0.29) is 0 Å². The molecule has 1 aliphatic rings. The van der Waals surface area contributed by atoms with Crippen LogP contribution in [0.1, 0.15) is 30.5 Å². The highest BCUT2D eigenvalue weighted by Crippen LogP contribution is 2.27. The standard InChI is InChI=1S/C10H15N3/c11-8-6-13-9-5-3-1-2-4-7(9)10(8)12/h6H,1-5,11H2,(H2,12,13). The summed E-state index contributed by atoms with van der Waals surface area (Å²) < 4.78 is 0. The molecule has 1 aliphatic carbocycles. The maximum atomic E-state index is 5.91. The fraction of sp³-hybridized carbons (Fsp3) is 0.500. The summed E-state index contributed by atoms with van der Waals surface area (Å²) >= 11 is 0. The molecule has 0 spiro atoms. The minimum atomic E-state index is 0.626. The van der Waals surface area contributed by atoms with Crippen molar-refractivity contribution in [3.8, 4) is 0 Å². The first-order valence-electron chi connectivity index (χ1n) is 4.80. The van der Waals surface area contributed by atoms with E-state index < -0.39 is 0 Å². The molecule has 0 aromatic carbocycles. The number of anilines is 2. The van der Waals surface area contributed by atoms with E-state index in [1.807, 2.05) is 0 Å². The quantitative estimate of drug-likeness (QED) is 0.590. The van der Waals surface area contributed by atoms with Gasteiger partial charge in [-0.05, 0) is 31.2 Å². The van der Waals surface area contributed by atoms with E-state index >= 15 is 0 Å². The maximum Gasteiger partial charge on any atom is 0.0737 e. The van der Waals surface area contributed by atoms with Crippen molar-refractivity contribution in [1.82, 2.24) is 4.98 Å². The molecule has 3 heteroatoms. The Balaban J connectivity index is 2.48. The van der Waals surface area contributed by atoms with Crippen LogP contribution >= 0.6 is 0 Å². The third kappa shape index (κ3) is 1.46. The number of nitrogen functional groups attached to an aromatic ring is 2. The number of nitrogens with two attached hydrogens (primary N) is 2. The number of aromatic nitrogens is 1. The Morgan fingerprint density at radius 2 is 1.85 bits per heavy atom. The smallest absolute Gasteiger partial charge is 0.0737 e. The van der Waals surface area contributed by atoms with Gasteiger partial charge in [-0.15, -0.1) is 0 Å². The van der Waals surface area contributed by atoms with Crippen LogP contribution in [-0.4, -0.2) is 4.98 Å². The molecule has 0 saturated carbocycles. The number of hydrogen-bond acceptors (Lipinski definition) is 3. The Morgan fingerprint density at radius 3 is 2.69 bits per heavy atom. The van der Waals surface area contributed by atoms with E-state index in [0.717, 1.165) is 24.2 Å². The summed E-state index contributed by atoms with van der Waals surface area (Å²) in [5.74, 6) is 0. The Bertz CT molecular complexity index is 320. The second kappa shape index (κ2) is 3.24. The second-order valence-electron chi connectivity index (χ2n) is 3.61. The fourth-order valence-corrected chi connectivity index (χ4v) is 1.89. The number of pyridine rings is 1. The lowest BCUT2D eigenvalue weighted by atomic mass is 10.1. The van der Waals surface area contributed by atoms with E-state index in [4.69, 9.17) is 11.5 Å². The van der Waals surface area contributed by atoms with Crippen LogP contribution in [-0.2, 0) is 12.8 Å². The van der Waals surface area contributed by atoms with Crippen molar-refractivity contribution in [1.29, 1.82) is 0 Å². The number of fused-ring (bicyclic) bond motifs is 1. The van der Waals surface area contributed by atoms with E-state index in [1.165, 1.54) is 24.8 Å². The minimum Gasteiger partial charge on any atom is -0.397 e. The van der Waals surface area contributed by atoms with Crippen molar-refractivity contribution in [3.05, 3.63) is 17.5 Å². The SMILES string of the molecule is Nc1cnc2c(c1N)CCCCC2. The summed E-state index contributed by atoms with van der Waals surface area (Å²) in [6.45, 7) is 0. The molecule has 13 heavy (non-hydrogen) atoms. The van der Waals surface area contributed by atoms with E-state index in [9.17, 15) is 0 Å². The van der Waals surface area contributed by atoms with Crippen LogP contribution in [0.5, 0.6) is 0 Å². The van der Waals surface area contributed by atoms with Gasteiger partial charge in [0, 0.05) is 5.69 Å². The lowest BCUT2D eigenvalue weighted by Gasteiger charge is -2.09. The van der Waals surface area contributed by atoms with E-state index in [0.29, 0.717) is 5.69 Å². The van der Waals surface area contributed by atoms with Crippen molar-refractivity contribution in [3.63, 3.8) is 0 Å². The van der Waals surface area contributed by atoms with Gasteiger partial charge >= 0.3 is 0 Å². The molecule has 0 fully saturated rings. The zero-order valence-electron chi connectivity index (χ0n) is 7.71. The van der Waals surface area contributed by atoms with Gasteiger partial charge in [0.15, 0.2) is 0 Å². The number of hydrogen-bond donors (Lipinski definition) is 2. The molecule has 2 rings (SSSR count). The molecular formula is C10H15N3. The highest BCUT2D eigenvalue weighted by Gasteiger charge is 2.13. The highest BCUT2D eigenvalue weighted by molar-refractivity contribution is 5.67. The lowest BCUT2D eigenvalue weighted by molar-refractivity contribution is 0.709. The van der Waals surface area contributed by atoms with E-state index in [2.05, 4.69) is 4.98 Å². The van der Waals surface area contributed by atoms with Gasteiger partial charge in [0.05, 0.1) is 17.6 Å². The summed E-state index contributed by atoms with van der Waals surface area (Å²) in [6, 6.07) is 0. The lowest BCUT2D eigenvalue weighted by Crippen LogP contribution is -2.05. The Kier molecular flexibility index (Phi) is 2.08. The zero-order chi connectivity index (χ0) is 9.26. The topological polar surface area (TPSA) is 64.9 Å². The Hall–Kier alpha value is -1.25. The van der Waals surface area contributed by atoms with Crippen molar-refractivity contribution in [2.24, 2.45) is 0 Å². The second-order valence-corrected chi connectivity index (χ2v) is 3.61. The highest BCUT2D eigenvalue weighted by atomic mass is 14.8. The van der Waals surface area contributed by atoms with Gasteiger partial charge in [-0.2, -0.15) is 0 Å². The largest absolute Gasteiger partial charge is 0.397 e. The first-order valence-corrected chi connectivity index (χ1v) is 4.80. The molecule has 70 valence electrons. The normalized spacial score (nSPS) is 16.3.